The molecule has 1 aliphatic heterocycles. The number of nitrogens with zero attached hydrogens (tertiary/aromatic N) is 3. The molecule has 20 heavy (non-hydrogen) atoms. The Labute approximate surface area is 120 Å². The molecule has 0 unspecified atom stereocenters. The molecule has 1 spiro atoms. The second kappa shape index (κ2) is 5.92. The molecule has 1 aliphatic carbocycles. The number of amides is 2. The molecule has 0 aromatic carbocycles. The lowest BCUT2D eigenvalue weighted by atomic mass is 9.85. The van der Waals surface area contributed by atoms with Gasteiger partial charge in [0.2, 0.25) is 11.8 Å². The van der Waals surface area contributed by atoms with Gasteiger partial charge in [0.1, 0.15) is 0 Å². The van der Waals surface area contributed by atoms with E-state index in [-0.39, 0.29) is 17.7 Å². The molecule has 1 saturated carbocycles. The molecule has 0 bridgehead atoms. The van der Waals surface area contributed by atoms with Gasteiger partial charge in [0.05, 0.1) is 24.1 Å². The minimum atomic E-state index is -0.392. The van der Waals surface area contributed by atoms with E-state index in [1.54, 1.807) is 0 Å². The zero-order chi connectivity index (χ0) is 14.8. The van der Waals surface area contributed by atoms with Crippen molar-refractivity contribution in [1.29, 1.82) is 5.26 Å². The van der Waals surface area contributed by atoms with Crippen LogP contribution in [0.4, 0.5) is 0 Å². The van der Waals surface area contributed by atoms with E-state index in [4.69, 9.17) is 5.26 Å². The average molecular weight is 277 g/mol. The largest absolute Gasteiger partial charge is 0.285 e. The summed E-state index contributed by atoms with van der Waals surface area (Å²) in [5.41, 5.74) is -0.392. The van der Waals surface area contributed by atoms with Gasteiger partial charge in [-0.3, -0.25) is 19.4 Å². The van der Waals surface area contributed by atoms with Crippen molar-refractivity contribution in [2.24, 2.45) is 11.3 Å². The lowest BCUT2D eigenvalue weighted by molar-refractivity contribution is -0.143. The molecule has 2 rings (SSSR count). The summed E-state index contributed by atoms with van der Waals surface area (Å²) in [7, 11) is 0. The molecule has 0 aromatic heterocycles. The van der Waals surface area contributed by atoms with Crippen molar-refractivity contribution in [3.63, 3.8) is 0 Å². The number of hydrogen-bond acceptors (Lipinski definition) is 4. The fourth-order valence-electron chi connectivity index (χ4n) is 3.36. The van der Waals surface area contributed by atoms with E-state index in [9.17, 15) is 9.59 Å². The highest BCUT2D eigenvalue weighted by Gasteiger charge is 2.52. The highest BCUT2D eigenvalue weighted by molar-refractivity contribution is 6.06. The number of rotatable bonds is 5. The van der Waals surface area contributed by atoms with Gasteiger partial charge in [-0.1, -0.05) is 19.8 Å². The molecule has 5 nitrogen and oxygen atoms in total. The minimum absolute atomic E-state index is 0.0167. The maximum absolute atomic E-state index is 12.6. The van der Waals surface area contributed by atoms with E-state index in [1.165, 1.54) is 4.90 Å². The smallest absolute Gasteiger partial charge is 0.237 e. The number of imide groups is 1. The summed E-state index contributed by atoms with van der Waals surface area (Å²) in [5.74, 6) is -0.119. The van der Waals surface area contributed by atoms with Crippen LogP contribution in [-0.4, -0.2) is 41.4 Å². The Balaban J connectivity index is 2.03. The third-order valence-electron chi connectivity index (χ3n) is 4.59. The van der Waals surface area contributed by atoms with Crippen LogP contribution in [0.3, 0.4) is 0 Å². The van der Waals surface area contributed by atoms with Crippen molar-refractivity contribution in [1.82, 2.24) is 9.80 Å². The fraction of sp³-hybridized carbons (Fsp3) is 0.800. The number of likely N-dealkylation sites (tertiary alicyclic amines) is 1. The van der Waals surface area contributed by atoms with Gasteiger partial charge in [0.25, 0.3) is 0 Å². The SMILES string of the molecule is CCN(C[C@@H](C)C#N)CN1C(=O)CC2(CCCC2)C1=O. The molecule has 2 aliphatic rings. The summed E-state index contributed by atoms with van der Waals surface area (Å²) in [6.45, 7) is 5.50. The normalized spacial score (nSPS) is 22.8. The standard InChI is InChI=1S/C15H23N3O2/c1-3-17(10-12(2)9-16)11-18-13(19)8-15(14(18)20)6-4-5-7-15/h12H,3-8,10-11H2,1-2H3/t12-/m0/s1. The van der Waals surface area contributed by atoms with Gasteiger partial charge >= 0.3 is 0 Å². The molecule has 5 heteroatoms. The first kappa shape index (κ1) is 15.0. The van der Waals surface area contributed by atoms with Crippen molar-refractivity contribution in [3.8, 4) is 6.07 Å². The number of nitriles is 1. The van der Waals surface area contributed by atoms with E-state index in [2.05, 4.69) is 6.07 Å². The number of carbonyl (C=O) groups is 2. The molecule has 2 amide bonds. The molecule has 0 radical (unpaired) electrons. The van der Waals surface area contributed by atoms with Gasteiger partial charge in [0.15, 0.2) is 0 Å². The van der Waals surface area contributed by atoms with Crippen molar-refractivity contribution >= 4 is 11.8 Å². The van der Waals surface area contributed by atoms with Crippen molar-refractivity contribution in [2.75, 3.05) is 19.8 Å². The lowest BCUT2D eigenvalue weighted by Crippen LogP contribution is -2.44. The summed E-state index contributed by atoms with van der Waals surface area (Å²) in [6, 6.07) is 2.20. The molecule has 1 atom stereocenters. The van der Waals surface area contributed by atoms with Crippen LogP contribution in [0.2, 0.25) is 0 Å². The molecule has 110 valence electrons. The van der Waals surface area contributed by atoms with Crippen LogP contribution in [0, 0.1) is 22.7 Å². The zero-order valence-electron chi connectivity index (χ0n) is 12.4. The topological polar surface area (TPSA) is 64.4 Å². The van der Waals surface area contributed by atoms with Crippen molar-refractivity contribution < 1.29 is 9.59 Å². The van der Waals surface area contributed by atoms with Crippen LogP contribution >= 0.6 is 0 Å². The van der Waals surface area contributed by atoms with Crippen molar-refractivity contribution in [2.45, 2.75) is 46.0 Å². The quantitative estimate of drug-likeness (QED) is 0.718. The van der Waals surface area contributed by atoms with Gasteiger partial charge in [-0.05, 0) is 26.3 Å². The van der Waals surface area contributed by atoms with Crippen LogP contribution < -0.4 is 0 Å². The van der Waals surface area contributed by atoms with Gasteiger partial charge in [0, 0.05) is 13.0 Å². The van der Waals surface area contributed by atoms with E-state index < -0.39 is 5.41 Å². The third kappa shape index (κ3) is 2.71. The Bertz CT molecular complexity index is 435. The van der Waals surface area contributed by atoms with E-state index >= 15 is 0 Å². The third-order valence-corrected chi connectivity index (χ3v) is 4.59. The molecule has 0 N–H and O–H groups in total. The van der Waals surface area contributed by atoms with Crippen LogP contribution in [0.25, 0.3) is 0 Å². The highest BCUT2D eigenvalue weighted by Crippen LogP contribution is 2.46. The first-order chi connectivity index (χ1) is 9.52. The predicted octanol–water partition coefficient (Wildman–Crippen LogP) is 1.74. The van der Waals surface area contributed by atoms with Crippen LogP contribution in [0.15, 0.2) is 0 Å². The molecular formula is C15H23N3O2. The Morgan fingerprint density at radius 2 is 2.05 bits per heavy atom. The monoisotopic (exact) mass is 277 g/mol. The molecule has 2 fully saturated rings. The van der Waals surface area contributed by atoms with Crippen molar-refractivity contribution in [3.05, 3.63) is 0 Å². The van der Waals surface area contributed by atoms with E-state index in [0.717, 1.165) is 32.2 Å². The van der Waals surface area contributed by atoms with E-state index in [1.807, 2.05) is 18.7 Å². The maximum atomic E-state index is 12.6. The van der Waals surface area contributed by atoms with Gasteiger partial charge in [-0.15, -0.1) is 0 Å². The number of hydrogen-bond donors (Lipinski definition) is 0. The first-order valence-electron chi connectivity index (χ1n) is 7.49. The first-order valence-corrected chi connectivity index (χ1v) is 7.49. The highest BCUT2D eigenvalue weighted by atomic mass is 16.2. The number of carbonyl (C=O) groups excluding carboxylic acids is 2. The zero-order valence-corrected chi connectivity index (χ0v) is 12.4. The van der Waals surface area contributed by atoms with E-state index in [0.29, 0.717) is 19.6 Å². The Hall–Kier alpha value is -1.41. The molecular weight excluding hydrogens is 254 g/mol. The lowest BCUT2D eigenvalue weighted by Gasteiger charge is -2.27. The summed E-state index contributed by atoms with van der Waals surface area (Å²) in [4.78, 5) is 28.1. The Morgan fingerprint density at radius 3 is 2.60 bits per heavy atom. The van der Waals surface area contributed by atoms with Gasteiger partial charge in [-0.2, -0.15) is 5.26 Å². The molecule has 1 heterocycles. The minimum Gasteiger partial charge on any atom is -0.285 e. The van der Waals surface area contributed by atoms with Gasteiger partial charge in [-0.25, -0.2) is 0 Å². The summed E-state index contributed by atoms with van der Waals surface area (Å²) >= 11 is 0. The van der Waals surface area contributed by atoms with Crippen LogP contribution in [0.5, 0.6) is 0 Å². The summed E-state index contributed by atoms with van der Waals surface area (Å²) < 4.78 is 0. The predicted molar refractivity (Wildman–Crippen MR) is 74.3 cm³/mol. The average Bonchev–Trinajstić information content (AvgIpc) is 2.99. The summed E-state index contributed by atoms with van der Waals surface area (Å²) in [5, 5.41) is 8.89. The molecule has 0 aromatic rings. The maximum Gasteiger partial charge on any atom is 0.237 e. The van der Waals surface area contributed by atoms with Crippen LogP contribution in [-0.2, 0) is 9.59 Å². The second-order valence-electron chi connectivity index (χ2n) is 6.13. The Morgan fingerprint density at radius 1 is 1.40 bits per heavy atom. The second-order valence-corrected chi connectivity index (χ2v) is 6.13. The molecule has 1 saturated heterocycles. The summed E-state index contributed by atoms with van der Waals surface area (Å²) in [6.07, 6.45) is 4.20. The Kier molecular flexibility index (Phi) is 4.44. The van der Waals surface area contributed by atoms with Crippen LogP contribution in [0.1, 0.15) is 46.0 Å². The van der Waals surface area contributed by atoms with Gasteiger partial charge < -0.3 is 0 Å². The fourth-order valence-corrected chi connectivity index (χ4v) is 3.36.